The van der Waals surface area contributed by atoms with Gasteiger partial charge in [-0.05, 0) is 42.3 Å². The van der Waals surface area contributed by atoms with Crippen molar-refractivity contribution in [3.05, 3.63) is 97.1 Å². The molecule has 10 heteroatoms. The molecule has 172 valence electrons. The predicted octanol–water partition coefficient (Wildman–Crippen LogP) is 5.48. The molecule has 0 aliphatic rings. The molecule has 2 aromatic heterocycles. The van der Waals surface area contributed by atoms with E-state index in [1.807, 2.05) is 18.2 Å². The van der Waals surface area contributed by atoms with Crippen LogP contribution in [-0.2, 0) is 6.42 Å². The van der Waals surface area contributed by atoms with Gasteiger partial charge in [-0.25, -0.2) is 9.97 Å². The minimum absolute atomic E-state index is 0.117. The zero-order valence-corrected chi connectivity index (χ0v) is 19.8. The van der Waals surface area contributed by atoms with Crippen LogP contribution in [0.4, 0.5) is 5.69 Å². The van der Waals surface area contributed by atoms with Crippen molar-refractivity contribution in [1.29, 1.82) is 0 Å². The van der Waals surface area contributed by atoms with E-state index in [1.54, 1.807) is 30.5 Å². The maximum atomic E-state index is 13.2. The Morgan fingerprint density at radius 3 is 2.79 bits per heavy atom. The third-order valence-electron chi connectivity index (χ3n) is 4.96. The molecule has 0 aliphatic heterocycles. The number of aromatic nitrogens is 3. The minimum Gasteiger partial charge on any atom is -0.439 e. The van der Waals surface area contributed by atoms with Gasteiger partial charge >= 0.3 is 0 Å². The van der Waals surface area contributed by atoms with Gasteiger partial charge in [0.25, 0.3) is 11.2 Å². The van der Waals surface area contributed by atoms with E-state index in [4.69, 9.17) is 4.74 Å². The normalized spacial score (nSPS) is 11.2. The molecule has 0 saturated carbocycles. The molecular formula is C24H20BrN5O4. The van der Waals surface area contributed by atoms with Crippen molar-refractivity contribution in [2.24, 2.45) is 5.10 Å². The standard InChI is InChI=1S/C24H20BrN5O4/c1-2-3-7-22-28-21-10-8-17(25)13-20(21)24(31)29(22)27-14-16-5-4-6-19(12-16)34-23-11-9-18(15-26-23)30(32)33/h4-6,8-15H,2-3,7H2,1H3. The first-order valence-electron chi connectivity index (χ1n) is 10.6. The second-order valence-electron chi connectivity index (χ2n) is 7.44. The zero-order chi connectivity index (χ0) is 24.1. The van der Waals surface area contributed by atoms with Gasteiger partial charge in [0.2, 0.25) is 5.88 Å². The van der Waals surface area contributed by atoms with E-state index in [-0.39, 0.29) is 17.1 Å². The summed E-state index contributed by atoms with van der Waals surface area (Å²) in [6.07, 6.45) is 5.18. The predicted molar refractivity (Wildman–Crippen MR) is 133 cm³/mol. The van der Waals surface area contributed by atoms with E-state index in [0.29, 0.717) is 34.5 Å². The molecule has 2 aromatic carbocycles. The second-order valence-corrected chi connectivity index (χ2v) is 8.36. The SMILES string of the molecule is CCCCc1nc2ccc(Br)cc2c(=O)n1N=Cc1cccc(Oc2ccc([N+](=O)[O-])cn2)c1. The van der Waals surface area contributed by atoms with Crippen molar-refractivity contribution in [3.63, 3.8) is 0 Å². The highest BCUT2D eigenvalue weighted by molar-refractivity contribution is 9.10. The number of ether oxygens (including phenoxy) is 1. The number of aryl methyl sites for hydroxylation is 1. The monoisotopic (exact) mass is 521 g/mol. The lowest BCUT2D eigenvalue weighted by Gasteiger charge is -2.09. The summed E-state index contributed by atoms with van der Waals surface area (Å²) in [6.45, 7) is 2.08. The number of pyridine rings is 1. The maximum Gasteiger partial charge on any atom is 0.287 e. The van der Waals surface area contributed by atoms with E-state index in [9.17, 15) is 14.9 Å². The van der Waals surface area contributed by atoms with E-state index < -0.39 is 4.92 Å². The van der Waals surface area contributed by atoms with Crippen molar-refractivity contribution >= 4 is 38.7 Å². The lowest BCUT2D eigenvalue weighted by atomic mass is 10.2. The van der Waals surface area contributed by atoms with Crippen molar-refractivity contribution in [1.82, 2.24) is 14.6 Å². The molecular weight excluding hydrogens is 502 g/mol. The Labute approximate surface area is 203 Å². The van der Waals surface area contributed by atoms with Crippen molar-refractivity contribution < 1.29 is 9.66 Å². The zero-order valence-electron chi connectivity index (χ0n) is 18.2. The van der Waals surface area contributed by atoms with E-state index >= 15 is 0 Å². The molecule has 0 spiro atoms. The summed E-state index contributed by atoms with van der Waals surface area (Å²) >= 11 is 3.41. The molecule has 0 saturated heterocycles. The number of nitro groups is 1. The number of rotatable bonds is 8. The number of hydrogen-bond donors (Lipinski definition) is 0. The van der Waals surface area contributed by atoms with Gasteiger partial charge in [0, 0.05) is 23.0 Å². The van der Waals surface area contributed by atoms with Gasteiger partial charge in [0.05, 0.1) is 22.0 Å². The highest BCUT2D eigenvalue weighted by Crippen LogP contribution is 2.22. The first-order chi connectivity index (χ1) is 16.4. The first-order valence-corrected chi connectivity index (χ1v) is 11.4. The van der Waals surface area contributed by atoms with E-state index in [1.165, 1.54) is 16.8 Å². The lowest BCUT2D eigenvalue weighted by Crippen LogP contribution is -2.22. The topological polar surface area (TPSA) is 113 Å². The minimum atomic E-state index is -0.523. The molecule has 0 aliphatic carbocycles. The molecule has 0 atom stereocenters. The lowest BCUT2D eigenvalue weighted by molar-refractivity contribution is -0.385. The Hall–Kier alpha value is -3.92. The van der Waals surface area contributed by atoms with Crippen LogP contribution in [0.25, 0.3) is 10.9 Å². The molecule has 2 heterocycles. The van der Waals surface area contributed by atoms with Gasteiger partial charge in [-0.3, -0.25) is 14.9 Å². The van der Waals surface area contributed by atoms with Crippen LogP contribution in [0.2, 0.25) is 0 Å². The average Bonchev–Trinajstić information content (AvgIpc) is 2.83. The smallest absolute Gasteiger partial charge is 0.287 e. The largest absolute Gasteiger partial charge is 0.439 e. The Morgan fingerprint density at radius 2 is 2.06 bits per heavy atom. The van der Waals surface area contributed by atoms with E-state index in [0.717, 1.165) is 23.5 Å². The highest BCUT2D eigenvalue weighted by atomic mass is 79.9. The Balaban J connectivity index is 1.64. The molecule has 0 amide bonds. The summed E-state index contributed by atoms with van der Waals surface area (Å²) in [7, 11) is 0. The number of unbranched alkanes of at least 4 members (excludes halogenated alkanes) is 1. The third-order valence-corrected chi connectivity index (χ3v) is 5.46. The number of halogens is 1. The summed E-state index contributed by atoms with van der Waals surface area (Å²) in [5, 5.41) is 15.7. The van der Waals surface area contributed by atoms with Crippen LogP contribution in [0.5, 0.6) is 11.6 Å². The van der Waals surface area contributed by atoms with Crippen LogP contribution in [0, 0.1) is 10.1 Å². The highest BCUT2D eigenvalue weighted by Gasteiger charge is 2.11. The molecule has 9 nitrogen and oxygen atoms in total. The van der Waals surface area contributed by atoms with Crippen LogP contribution in [0.15, 0.2) is 75.2 Å². The fraction of sp³-hybridized carbons (Fsp3) is 0.167. The number of hydrogen-bond acceptors (Lipinski definition) is 7. The summed E-state index contributed by atoms with van der Waals surface area (Å²) in [4.78, 5) is 32.1. The van der Waals surface area contributed by atoms with Gasteiger partial charge in [0.1, 0.15) is 17.8 Å². The number of fused-ring (bicyclic) bond motifs is 1. The van der Waals surface area contributed by atoms with Gasteiger partial charge < -0.3 is 4.74 Å². The fourth-order valence-electron chi connectivity index (χ4n) is 3.25. The van der Waals surface area contributed by atoms with Crippen molar-refractivity contribution in [2.75, 3.05) is 0 Å². The summed E-state index contributed by atoms with van der Waals surface area (Å²) < 4.78 is 7.83. The molecule has 0 unspecified atom stereocenters. The van der Waals surface area contributed by atoms with Crippen LogP contribution in [0.3, 0.4) is 0 Å². The third kappa shape index (κ3) is 5.34. The molecule has 0 fully saturated rings. The first kappa shape index (κ1) is 23.2. The number of benzene rings is 2. The fourth-order valence-corrected chi connectivity index (χ4v) is 3.62. The van der Waals surface area contributed by atoms with Crippen LogP contribution < -0.4 is 10.3 Å². The van der Waals surface area contributed by atoms with Gasteiger partial charge in [-0.2, -0.15) is 9.78 Å². The summed E-state index contributed by atoms with van der Waals surface area (Å²) in [5.41, 5.74) is 0.976. The second kappa shape index (κ2) is 10.3. The van der Waals surface area contributed by atoms with Crippen LogP contribution >= 0.6 is 15.9 Å². The Morgan fingerprint density at radius 1 is 1.21 bits per heavy atom. The van der Waals surface area contributed by atoms with Crippen molar-refractivity contribution in [2.45, 2.75) is 26.2 Å². The maximum absolute atomic E-state index is 13.2. The molecule has 0 radical (unpaired) electrons. The molecule has 34 heavy (non-hydrogen) atoms. The van der Waals surface area contributed by atoms with Crippen LogP contribution in [-0.4, -0.2) is 25.8 Å². The molecule has 4 aromatic rings. The summed E-state index contributed by atoms with van der Waals surface area (Å²) in [6, 6.07) is 15.2. The molecule has 4 rings (SSSR count). The van der Waals surface area contributed by atoms with Gasteiger partial charge in [-0.15, -0.1) is 0 Å². The molecule has 0 N–H and O–H groups in total. The average molecular weight is 522 g/mol. The van der Waals surface area contributed by atoms with Gasteiger partial charge in [-0.1, -0.05) is 41.4 Å². The van der Waals surface area contributed by atoms with Crippen LogP contribution in [0.1, 0.15) is 31.2 Å². The Bertz CT molecular complexity index is 1430. The number of nitrogens with zero attached hydrogens (tertiary/aromatic N) is 5. The van der Waals surface area contributed by atoms with E-state index in [2.05, 4.69) is 37.9 Å². The van der Waals surface area contributed by atoms with Crippen molar-refractivity contribution in [3.8, 4) is 11.6 Å². The molecule has 0 bridgehead atoms. The summed E-state index contributed by atoms with van der Waals surface area (Å²) in [5.74, 6) is 1.30. The quantitative estimate of drug-likeness (QED) is 0.172. The van der Waals surface area contributed by atoms with Gasteiger partial charge in [0.15, 0.2) is 0 Å². The Kier molecular flexibility index (Phi) is 7.07.